The number of ether oxygens (including phenoxy) is 1. The van der Waals surface area contributed by atoms with Crippen molar-refractivity contribution >= 4 is 11.9 Å². The van der Waals surface area contributed by atoms with E-state index in [1.807, 2.05) is 6.92 Å². The average Bonchev–Trinajstić information content (AvgIpc) is 2.33. The predicted molar refractivity (Wildman–Crippen MR) is 69.4 cm³/mol. The summed E-state index contributed by atoms with van der Waals surface area (Å²) in [5.41, 5.74) is 0. The summed E-state index contributed by atoms with van der Waals surface area (Å²) in [6.07, 6.45) is 3.91. The molecular formula is C13H25NO4. The number of methoxy groups -OCH3 is 1. The molecule has 0 bridgehead atoms. The summed E-state index contributed by atoms with van der Waals surface area (Å²) < 4.78 is 4.87. The van der Waals surface area contributed by atoms with E-state index in [1.165, 1.54) is 0 Å². The second kappa shape index (κ2) is 11.0. The Kier molecular flexibility index (Phi) is 10.3. The van der Waals surface area contributed by atoms with E-state index in [1.54, 1.807) is 7.11 Å². The molecular weight excluding hydrogens is 234 g/mol. The number of rotatable bonds is 11. The highest BCUT2D eigenvalue weighted by Crippen LogP contribution is 2.14. The first-order valence-corrected chi connectivity index (χ1v) is 6.57. The summed E-state index contributed by atoms with van der Waals surface area (Å²) in [5, 5.41) is 11.5. The standard InChI is InChI=1S/C13H25NO4/c1-3-11(6-7-13(16)17)8-9-14-12(15)5-4-10-18-2/h11H,3-10H2,1-2H3,(H,14,15)(H,16,17). The minimum absolute atomic E-state index is 0.0418. The van der Waals surface area contributed by atoms with Crippen LogP contribution in [0.3, 0.4) is 0 Å². The molecule has 0 aliphatic rings. The van der Waals surface area contributed by atoms with Crippen LogP contribution < -0.4 is 5.32 Å². The maximum Gasteiger partial charge on any atom is 0.303 e. The fourth-order valence-corrected chi connectivity index (χ4v) is 1.76. The van der Waals surface area contributed by atoms with Gasteiger partial charge in [-0.15, -0.1) is 0 Å². The Labute approximate surface area is 109 Å². The minimum atomic E-state index is -0.753. The smallest absolute Gasteiger partial charge is 0.303 e. The number of hydrogen-bond donors (Lipinski definition) is 2. The SMILES string of the molecule is CCC(CCNC(=O)CCCOC)CCC(=O)O. The maximum atomic E-state index is 11.4. The third-order valence-corrected chi connectivity index (χ3v) is 2.97. The lowest BCUT2D eigenvalue weighted by molar-refractivity contribution is -0.137. The summed E-state index contributed by atoms with van der Waals surface area (Å²) in [6.45, 7) is 3.28. The number of carbonyl (C=O) groups excluding carboxylic acids is 1. The highest BCUT2D eigenvalue weighted by Gasteiger charge is 2.09. The molecule has 0 radical (unpaired) electrons. The number of hydrogen-bond acceptors (Lipinski definition) is 3. The number of nitrogens with one attached hydrogen (secondary N) is 1. The molecule has 0 aromatic rings. The number of amides is 1. The topological polar surface area (TPSA) is 75.6 Å². The molecule has 0 aromatic carbocycles. The van der Waals surface area contributed by atoms with E-state index < -0.39 is 5.97 Å². The zero-order valence-electron chi connectivity index (χ0n) is 11.4. The Balaban J connectivity index is 3.59. The fraction of sp³-hybridized carbons (Fsp3) is 0.846. The van der Waals surface area contributed by atoms with Gasteiger partial charge in [-0.2, -0.15) is 0 Å². The monoisotopic (exact) mass is 259 g/mol. The Morgan fingerprint density at radius 2 is 2.00 bits per heavy atom. The maximum absolute atomic E-state index is 11.4. The van der Waals surface area contributed by atoms with Crippen molar-refractivity contribution in [2.75, 3.05) is 20.3 Å². The van der Waals surface area contributed by atoms with Gasteiger partial charge in [-0.1, -0.05) is 13.3 Å². The van der Waals surface area contributed by atoms with Crippen LogP contribution in [0.2, 0.25) is 0 Å². The summed E-state index contributed by atoms with van der Waals surface area (Å²) in [5.74, 6) is -0.336. The normalized spacial score (nSPS) is 12.1. The highest BCUT2D eigenvalue weighted by molar-refractivity contribution is 5.75. The summed E-state index contributed by atoms with van der Waals surface area (Å²) in [7, 11) is 1.62. The molecule has 5 nitrogen and oxygen atoms in total. The lowest BCUT2D eigenvalue weighted by Crippen LogP contribution is -2.26. The summed E-state index contributed by atoms with van der Waals surface area (Å²) in [4.78, 5) is 21.9. The number of carboxylic acid groups (broad SMARTS) is 1. The molecule has 0 heterocycles. The van der Waals surface area contributed by atoms with Crippen molar-refractivity contribution in [1.82, 2.24) is 5.32 Å². The fourth-order valence-electron chi connectivity index (χ4n) is 1.76. The molecule has 0 spiro atoms. The molecule has 0 aliphatic heterocycles. The molecule has 0 fully saturated rings. The summed E-state index contributed by atoms with van der Waals surface area (Å²) >= 11 is 0. The molecule has 18 heavy (non-hydrogen) atoms. The lowest BCUT2D eigenvalue weighted by atomic mass is 9.96. The van der Waals surface area contributed by atoms with Gasteiger partial charge in [0.2, 0.25) is 5.91 Å². The van der Waals surface area contributed by atoms with Crippen molar-refractivity contribution < 1.29 is 19.4 Å². The van der Waals surface area contributed by atoms with Gasteiger partial charge in [-0.25, -0.2) is 0 Å². The van der Waals surface area contributed by atoms with Crippen LogP contribution in [-0.4, -0.2) is 37.2 Å². The minimum Gasteiger partial charge on any atom is -0.481 e. The van der Waals surface area contributed by atoms with Gasteiger partial charge in [-0.3, -0.25) is 9.59 Å². The molecule has 1 amide bonds. The number of aliphatic carboxylic acids is 1. The van der Waals surface area contributed by atoms with Crippen molar-refractivity contribution in [2.24, 2.45) is 5.92 Å². The molecule has 2 N–H and O–H groups in total. The van der Waals surface area contributed by atoms with Gasteiger partial charge in [-0.05, 0) is 25.2 Å². The van der Waals surface area contributed by atoms with Crippen LogP contribution in [0.15, 0.2) is 0 Å². The largest absolute Gasteiger partial charge is 0.481 e. The first kappa shape index (κ1) is 16.9. The van der Waals surface area contributed by atoms with E-state index in [0.717, 1.165) is 19.3 Å². The Morgan fingerprint density at radius 1 is 1.28 bits per heavy atom. The van der Waals surface area contributed by atoms with E-state index in [9.17, 15) is 9.59 Å². The second-order valence-corrected chi connectivity index (χ2v) is 4.44. The first-order valence-electron chi connectivity index (χ1n) is 6.57. The van der Waals surface area contributed by atoms with Gasteiger partial charge in [0.05, 0.1) is 0 Å². The second-order valence-electron chi connectivity index (χ2n) is 4.44. The quantitative estimate of drug-likeness (QED) is 0.555. The lowest BCUT2D eigenvalue weighted by Gasteiger charge is -2.13. The van der Waals surface area contributed by atoms with Crippen molar-refractivity contribution in [2.45, 2.75) is 45.4 Å². The van der Waals surface area contributed by atoms with Crippen LogP contribution in [0.5, 0.6) is 0 Å². The van der Waals surface area contributed by atoms with Gasteiger partial charge in [0.15, 0.2) is 0 Å². The van der Waals surface area contributed by atoms with Crippen LogP contribution in [0.1, 0.15) is 45.4 Å². The van der Waals surface area contributed by atoms with Crippen molar-refractivity contribution in [3.63, 3.8) is 0 Å². The van der Waals surface area contributed by atoms with Gasteiger partial charge >= 0.3 is 5.97 Å². The van der Waals surface area contributed by atoms with Crippen LogP contribution in [0.4, 0.5) is 0 Å². The molecule has 0 aliphatic carbocycles. The molecule has 5 heteroatoms. The van der Waals surface area contributed by atoms with Crippen molar-refractivity contribution in [1.29, 1.82) is 0 Å². The van der Waals surface area contributed by atoms with E-state index in [0.29, 0.717) is 31.9 Å². The third kappa shape index (κ3) is 10.1. The van der Waals surface area contributed by atoms with E-state index in [4.69, 9.17) is 9.84 Å². The number of carboxylic acids is 1. The van der Waals surface area contributed by atoms with Gasteiger partial charge < -0.3 is 15.2 Å². The highest BCUT2D eigenvalue weighted by atomic mass is 16.5. The van der Waals surface area contributed by atoms with Gasteiger partial charge in [0.1, 0.15) is 0 Å². The van der Waals surface area contributed by atoms with Gasteiger partial charge in [0, 0.05) is 33.1 Å². The molecule has 0 rings (SSSR count). The van der Waals surface area contributed by atoms with Crippen molar-refractivity contribution in [3.8, 4) is 0 Å². The van der Waals surface area contributed by atoms with Crippen molar-refractivity contribution in [3.05, 3.63) is 0 Å². The van der Waals surface area contributed by atoms with Crippen LogP contribution in [0.25, 0.3) is 0 Å². The zero-order chi connectivity index (χ0) is 13.8. The van der Waals surface area contributed by atoms with E-state index in [-0.39, 0.29) is 12.3 Å². The summed E-state index contributed by atoms with van der Waals surface area (Å²) in [6, 6.07) is 0. The Morgan fingerprint density at radius 3 is 2.56 bits per heavy atom. The Hall–Kier alpha value is -1.10. The molecule has 0 saturated heterocycles. The van der Waals surface area contributed by atoms with Gasteiger partial charge in [0.25, 0.3) is 0 Å². The molecule has 1 unspecified atom stereocenters. The molecule has 0 saturated carbocycles. The molecule has 106 valence electrons. The number of carbonyl (C=O) groups is 2. The zero-order valence-corrected chi connectivity index (χ0v) is 11.4. The third-order valence-electron chi connectivity index (χ3n) is 2.97. The van der Waals surface area contributed by atoms with Crippen LogP contribution >= 0.6 is 0 Å². The van der Waals surface area contributed by atoms with Crippen LogP contribution in [-0.2, 0) is 14.3 Å². The predicted octanol–water partition coefficient (Wildman–Crippen LogP) is 1.81. The first-order chi connectivity index (χ1) is 8.60. The molecule has 1 atom stereocenters. The Bertz CT molecular complexity index is 243. The van der Waals surface area contributed by atoms with E-state index in [2.05, 4.69) is 5.32 Å². The molecule has 0 aromatic heterocycles. The van der Waals surface area contributed by atoms with E-state index >= 15 is 0 Å². The van der Waals surface area contributed by atoms with Crippen LogP contribution in [0, 0.1) is 5.92 Å². The average molecular weight is 259 g/mol.